The second-order valence-electron chi connectivity index (χ2n) is 8.57. The number of hydrogen-bond donors (Lipinski definition) is 1. The third kappa shape index (κ3) is 3.24. The summed E-state index contributed by atoms with van der Waals surface area (Å²) in [6.45, 7) is 12.1. The number of rotatable bonds is 9. The van der Waals surface area contributed by atoms with Crippen molar-refractivity contribution in [2.75, 3.05) is 7.11 Å². The molecule has 0 aromatic heterocycles. The molecule has 2 bridgehead atoms. The molecule has 0 heterocycles. The first kappa shape index (κ1) is 21.4. The number of allylic oxidation sites excluding steroid dienone is 1. The molecule has 2 aliphatic rings. The highest BCUT2D eigenvalue weighted by molar-refractivity contribution is 7.70. The first-order chi connectivity index (χ1) is 12.2. The number of carbonyl (C=O) groups is 1. The Morgan fingerprint density at radius 2 is 2.08 bits per heavy atom. The summed E-state index contributed by atoms with van der Waals surface area (Å²) in [7, 11) is -1.40. The Hall–Kier alpha value is -0.880. The summed E-state index contributed by atoms with van der Waals surface area (Å²) < 4.78 is 31.1. The third-order valence-corrected chi connectivity index (χ3v) is 8.45. The zero-order valence-electron chi connectivity index (χ0n) is 16.9. The van der Waals surface area contributed by atoms with Gasteiger partial charge in [0.05, 0.1) is 18.1 Å². The van der Waals surface area contributed by atoms with Gasteiger partial charge in [0.1, 0.15) is 0 Å². The topological polar surface area (TPSA) is 63.7 Å². The number of methoxy groups -OCH3 is 1. The van der Waals surface area contributed by atoms with Gasteiger partial charge in [-0.1, -0.05) is 33.8 Å². The highest BCUT2D eigenvalue weighted by Crippen LogP contribution is 2.68. The molecule has 5 nitrogen and oxygen atoms in total. The van der Waals surface area contributed by atoms with Crippen LogP contribution in [0.4, 0.5) is 0 Å². The molecule has 0 aromatic rings. The van der Waals surface area contributed by atoms with Crippen LogP contribution in [0, 0.1) is 22.7 Å². The van der Waals surface area contributed by atoms with Crippen LogP contribution in [0.25, 0.3) is 0 Å². The third-order valence-electron chi connectivity index (χ3n) is 7.62. The zero-order valence-corrected chi connectivity index (χ0v) is 17.8. The number of hydrogen-bond acceptors (Lipinski definition) is 4. The van der Waals surface area contributed by atoms with Crippen LogP contribution in [-0.4, -0.2) is 37.9 Å². The van der Waals surface area contributed by atoms with Crippen LogP contribution in [0.5, 0.6) is 0 Å². The van der Waals surface area contributed by atoms with E-state index in [0.717, 1.165) is 32.1 Å². The Labute approximate surface area is 160 Å². The highest BCUT2D eigenvalue weighted by atomic mass is 32.2. The van der Waals surface area contributed by atoms with Crippen LogP contribution in [-0.2, 0) is 20.4 Å². The minimum atomic E-state index is -2.97. The zero-order chi connectivity index (χ0) is 19.7. The second kappa shape index (κ2) is 8.01. The number of ether oxygens (including phenoxy) is 1. The van der Waals surface area contributed by atoms with Gasteiger partial charge in [-0.25, -0.2) is 12.7 Å². The Balaban J connectivity index is 2.32. The number of amides is 1. The lowest BCUT2D eigenvalue weighted by Crippen LogP contribution is -2.52. The van der Waals surface area contributed by atoms with Crippen molar-refractivity contribution in [2.24, 2.45) is 22.7 Å². The summed E-state index contributed by atoms with van der Waals surface area (Å²) in [5.74, 6) is -0.339. The van der Waals surface area contributed by atoms with Crippen LogP contribution in [0.3, 0.4) is 0 Å². The number of fused-ring (bicyclic) bond motifs is 2. The van der Waals surface area contributed by atoms with Gasteiger partial charge in [-0.2, -0.15) is 0 Å². The molecule has 2 fully saturated rings. The Morgan fingerprint density at radius 3 is 2.54 bits per heavy atom. The molecule has 0 aliphatic heterocycles. The average molecular weight is 386 g/mol. The van der Waals surface area contributed by atoms with Gasteiger partial charge in [-0.3, -0.25) is 4.79 Å². The number of carbonyl (C=O) groups excluding carboxylic acids is 1. The van der Waals surface area contributed by atoms with Crippen molar-refractivity contribution >= 4 is 16.8 Å². The molecule has 0 saturated heterocycles. The largest absolute Gasteiger partial charge is 0.381 e. The summed E-state index contributed by atoms with van der Waals surface area (Å²) in [5, 5.41) is 0. The molecular formula is C20H35NO4S. The van der Waals surface area contributed by atoms with E-state index in [1.54, 1.807) is 20.1 Å². The van der Waals surface area contributed by atoms with E-state index in [9.17, 15) is 13.2 Å². The summed E-state index contributed by atoms with van der Waals surface area (Å²) in [5.41, 5.74) is -0.0604. The van der Waals surface area contributed by atoms with E-state index < -0.39 is 16.8 Å². The molecule has 5 atom stereocenters. The van der Waals surface area contributed by atoms with Gasteiger partial charge in [0.15, 0.2) is 0 Å². The maximum absolute atomic E-state index is 13.2. The molecule has 0 spiro atoms. The lowest BCUT2D eigenvalue weighted by Gasteiger charge is -2.45. The van der Waals surface area contributed by atoms with E-state index in [1.807, 2.05) is 0 Å². The van der Waals surface area contributed by atoms with E-state index in [1.165, 1.54) is 4.31 Å². The highest BCUT2D eigenvalue weighted by Gasteiger charge is 2.65. The lowest BCUT2D eigenvalue weighted by atomic mass is 9.66. The van der Waals surface area contributed by atoms with Crippen LogP contribution in [0.1, 0.15) is 66.2 Å². The van der Waals surface area contributed by atoms with E-state index in [0.29, 0.717) is 12.3 Å². The fraction of sp³-hybridized carbons (Fsp3) is 0.850. The Kier molecular flexibility index (Phi) is 6.60. The normalized spacial score (nSPS) is 31.8. The van der Waals surface area contributed by atoms with E-state index in [2.05, 4.69) is 27.4 Å². The molecule has 2 rings (SSSR count). The number of thiol groups is 1. The van der Waals surface area contributed by atoms with Crippen LogP contribution in [0.15, 0.2) is 12.7 Å². The fourth-order valence-corrected chi connectivity index (χ4v) is 6.68. The second-order valence-corrected chi connectivity index (χ2v) is 9.47. The molecule has 150 valence electrons. The molecule has 2 saturated carbocycles. The van der Waals surface area contributed by atoms with Crippen LogP contribution < -0.4 is 0 Å². The van der Waals surface area contributed by atoms with Crippen molar-refractivity contribution in [1.82, 2.24) is 4.31 Å². The summed E-state index contributed by atoms with van der Waals surface area (Å²) >= 11 is 0. The molecule has 3 unspecified atom stereocenters. The fourth-order valence-electron chi connectivity index (χ4n) is 5.80. The van der Waals surface area contributed by atoms with Crippen molar-refractivity contribution in [3.8, 4) is 0 Å². The number of nitrogens with zero attached hydrogens (tertiary/aromatic N) is 1. The Morgan fingerprint density at radius 1 is 1.42 bits per heavy atom. The molecule has 1 amide bonds. The molecule has 6 heteroatoms. The SMILES string of the molecule is C=CCC[C@@H](OC)[C@@H](C)C(=O)N(C1CC2CCC1(CC)C2(C)C)[SH](=O)=O. The van der Waals surface area contributed by atoms with Gasteiger partial charge in [0.2, 0.25) is 16.8 Å². The summed E-state index contributed by atoms with van der Waals surface area (Å²) in [6.07, 6.45) is 6.69. The predicted octanol–water partition coefficient (Wildman–Crippen LogP) is 3.56. The van der Waals surface area contributed by atoms with E-state index in [-0.39, 0.29) is 28.9 Å². The van der Waals surface area contributed by atoms with Crippen molar-refractivity contribution in [2.45, 2.75) is 78.4 Å². The smallest absolute Gasteiger partial charge is 0.241 e. The monoisotopic (exact) mass is 385 g/mol. The standard InChI is InChI=1S/C20H35NO4S/c1-7-9-10-16(25-6)14(3)18(22)21(26(23)24)17-13-15-11-12-20(17,8-2)19(15,4)5/h7,14-17,26H,1,8-13H2,2-6H3/t14-,15?,16-,17?,20?/m1/s1. The Bertz CT molecular complexity index is 607. The van der Waals surface area contributed by atoms with Gasteiger partial charge in [0.25, 0.3) is 0 Å². The maximum atomic E-state index is 13.2. The van der Waals surface area contributed by atoms with Gasteiger partial charge >= 0.3 is 0 Å². The van der Waals surface area contributed by atoms with Crippen molar-refractivity contribution in [3.63, 3.8) is 0 Å². The van der Waals surface area contributed by atoms with E-state index >= 15 is 0 Å². The molecular weight excluding hydrogens is 350 g/mol. The molecule has 0 N–H and O–H groups in total. The first-order valence-electron chi connectivity index (χ1n) is 9.79. The van der Waals surface area contributed by atoms with Gasteiger partial charge in [-0.05, 0) is 55.3 Å². The van der Waals surface area contributed by atoms with Gasteiger partial charge in [-0.15, -0.1) is 6.58 Å². The van der Waals surface area contributed by atoms with E-state index in [4.69, 9.17) is 4.74 Å². The quantitative estimate of drug-likeness (QED) is 0.487. The van der Waals surface area contributed by atoms with Gasteiger partial charge in [0, 0.05) is 7.11 Å². The minimum Gasteiger partial charge on any atom is -0.381 e. The van der Waals surface area contributed by atoms with Crippen LogP contribution >= 0.6 is 0 Å². The van der Waals surface area contributed by atoms with Crippen molar-refractivity contribution in [1.29, 1.82) is 0 Å². The van der Waals surface area contributed by atoms with Gasteiger partial charge < -0.3 is 4.74 Å². The molecule has 26 heavy (non-hydrogen) atoms. The average Bonchev–Trinajstić information content (AvgIpc) is 2.97. The molecule has 2 aliphatic carbocycles. The van der Waals surface area contributed by atoms with Crippen molar-refractivity contribution < 1.29 is 17.9 Å². The molecule has 0 radical (unpaired) electrons. The van der Waals surface area contributed by atoms with Crippen LogP contribution in [0.2, 0.25) is 0 Å². The molecule has 0 aromatic carbocycles. The van der Waals surface area contributed by atoms with Crippen molar-refractivity contribution in [3.05, 3.63) is 12.7 Å². The minimum absolute atomic E-state index is 0.0586. The lowest BCUT2D eigenvalue weighted by molar-refractivity contribution is -0.138. The predicted molar refractivity (Wildman–Crippen MR) is 104 cm³/mol. The summed E-state index contributed by atoms with van der Waals surface area (Å²) in [6, 6.07) is -0.228. The first-order valence-corrected chi connectivity index (χ1v) is 10.9. The summed E-state index contributed by atoms with van der Waals surface area (Å²) in [4.78, 5) is 13.2. The maximum Gasteiger partial charge on any atom is 0.241 e.